The Morgan fingerprint density at radius 2 is 1.51 bits per heavy atom. The topological polar surface area (TPSA) is 305 Å². The molecule has 1 amide bonds. The number of nitriles is 2. The van der Waals surface area contributed by atoms with Gasteiger partial charge in [-0.3, -0.25) is 27.9 Å². The van der Waals surface area contributed by atoms with Crippen LogP contribution in [-0.4, -0.2) is 116 Å². The van der Waals surface area contributed by atoms with Crippen molar-refractivity contribution in [2.75, 3.05) is 31.7 Å². The predicted molar refractivity (Wildman–Crippen MR) is 205 cm³/mol. The van der Waals surface area contributed by atoms with Crippen molar-refractivity contribution in [3.8, 4) is 12.1 Å². The van der Waals surface area contributed by atoms with Crippen molar-refractivity contribution >= 4 is 49.2 Å². The number of carbonyl (C=O) groups is 1. The first kappa shape index (κ1) is 43.7. The van der Waals surface area contributed by atoms with Gasteiger partial charge in [-0.2, -0.15) is 10.5 Å². The quantitative estimate of drug-likeness (QED) is 0.0814. The molecule has 6 unspecified atom stereocenters. The Bertz CT molecular complexity index is 2680. The second-order valence-electron chi connectivity index (χ2n) is 14.2. The molecular formula is C35H37F2N11O11P2. The number of imidazole rings is 2. The van der Waals surface area contributed by atoms with E-state index in [0.717, 1.165) is 48.3 Å². The smallest absolute Gasteiger partial charge is 0.342 e. The molecule has 26 heteroatoms. The number of hydrogen-bond donors (Lipinski definition) is 4. The summed E-state index contributed by atoms with van der Waals surface area (Å²) >= 11 is 0. The molecule has 0 saturated carbocycles. The van der Waals surface area contributed by atoms with Crippen molar-refractivity contribution in [3.05, 3.63) is 71.6 Å². The van der Waals surface area contributed by atoms with E-state index in [-0.39, 0.29) is 41.0 Å². The van der Waals surface area contributed by atoms with Gasteiger partial charge in [0.1, 0.15) is 28.8 Å². The fourth-order valence-electron chi connectivity index (χ4n) is 7.19. The van der Waals surface area contributed by atoms with Gasteiger partial charge in [0.25, 0.3) is 11.5 Å². The molecule has 2 aliphatic rings. The highest BCUT2D eigenvalue weighted by atomic mass is 31.2. The average Bonchev–Trinajstić information content (AvgIpc) is 4.01. The van der Waals surface area contributed by atoms with Gasteiger partial charge in [-0.25, -0.2) is 33.7 Å². The fourth-order valence-corrected chi connectivity index (χ4v) is 11.0. The third-order valence-electron chi connectivity index (χ3n) is 10.8. The van der Waals surface area contributed by atoms with E-state index in [1.54, 1.807) is 42.5 Å². The summed E-state index contributed by atoms with van der Waals surface area (Å²) in [5.41, 5.74) is -0.765. The zero-order valence-electron chi connectivity index (χ0n) is 32.1. The summed E-state index contributed by atoms with van der Waals surface area (Å²) in [5.74, 6) is -0.609. The highest BCUT2D eigenvalue weighted by Crippen LogP contribution is 2.70. The fraction of sp³-hybridized carbons (Fsp3) is 0.457. The molecule has 2 aliphatic heterocycles. The maximum atomic E-state index is 17.2. The third kappa shape index (κ3) is 7.43. The van der Waals surface area contributed by atoms with Gasteiger partial charge in [-0.15, -0.1) is 0 Å². The number of nitrogens with one attached hydrogen (secondary N) is 2. The molecule has 61 heavy (non-hydrogen) atoms. The van der Waals surface area contributed by atoms with Crippen molar-refractivity contribution in [1.29, 1.82) is 10.5 Å². The van der Waals surface area contributed by atoms with E-state index in [1.807, 2.05) is 0 Å². The molecule has 2 saturated heterocycles. The maximum absolute atomic E-state index is 17.2. The first-order valence-electron chi connectivity index (χ1n) is 18.4. The molecule has 0 spiro atoms. The van der Waals surface area contributed by atoms with Crippen molar-refractivity contribution in [1.82, 2.24) is 39.0 Å². The molecule has 1 aromatic carbocycles. The second kappa shape index (κ2) is 17.2. The first-order chi connectivity index (χ1) is 29.2. The normalized spacial score (nSPS) is 28.3. The molecule has 22 nitrogen and oxygen atoms in total. The number of aromatic amines is 1. The summed E-state index contributed by atoms with van der Waals surface area (Å²) in [4.78, 5) is 59.6. The number of ether oxygens (including phenoxy) is 2. The minimum absolute atomic E-state index is 0.0185. The molecule has 7 rings (SSSR count). The van der Waals surface area contributed by atoms with Crippen LogP contribution in [0, 0.1) is 22.7 Å². The Morgan fingerprint density at radius 3 is 2.16 bits per heavy atom. The van der Waals surface area contributed by atoms with E-state index in [2.05, 4.69) is 35.2 Å². The van der Waals surface area contributed by atoms with Crippen molar-refractivity contribution in [3.63, 3.8) is 0 Å². The number of H-pyrrole nitrogens is 1. The number of carbonyl (C=O) groups excluding carboxylic acids is 1. The number of amides is 1. The molecule has 6 heterocycles. The highest BCUT2D eigenvalue weighted by Gasteiger charge is 2.69. The molecule has 4 N–H and O–H groups in total. The van der Waals surface area contributed by atoms with Crippen LogP contribution < -0.4 is 10.9 Å². The number of aliphatic hydroxyl groups is 1. The number of aliphatic hydroxyl groups excluding tert-OH is 1. The van der Waals surface area contributed by atoms with Crippen molar-refractivity contribution in [2.24, 2.45) is 0 Å². The molecule has 0 bridgehead atoms. The van der Waals surface area contributed by atoms with Gasteiger partial charge >= 0.3 is 15.2 Å². The molecule has 322 valence electrons. The van der Waals surface area contributed by atoms with E-state index >= 15 is 13.3 Å². The summed E-state index contributed by atoms with van der Waals surface area (Å²) in [6.45, 7) is -1.12. The van der Waals surface area contributed by atoms with Crippen LogP contribution in [-0.2, 0) is 32.2 Å². The van der Waals surface area contributed by atoms with Gasteiger partial charge in [-0.05, 0) is 26.0 Å². The number of alkyl halides is 2. The number of anilines is 1. The standard InChI is InChI=1S/C35H37F2N11O11P2/c1-34(60(52,53)55-12-6-10-38)22(59-32(25(34)36)47-18-44-23-27(40-16-41-28(23)47)46-30(50)20-8-4-3-5-9-20)15-57-61(54,56-13-7-11-39)35(2)21(14-49)58-33(26(35)37)48-19-45-24-29(48)42-17-43-31(24)51/h3-5,8-9,16-19,21-22,25-26,32-33,49H,6-7,12-15H2,1-2H3,(H,52,53)(H,42,43,51)(H,40,41,46,50)/t21?,22?,25-,26-,32?,33?,34-,35-,61?/m0/s1. The minimum Gasteiger partial charge on any atom is -0.394 e. The van der Waals surface area contributed by atoms with Crippen LogP contribution in [0.3, 0.4) is 0 Å². The second-order valence-corrected chi connectivity index (χ2v) is 18.9. The van der Waals surface area contributed by atoms with E-state index in [4.69, 9.17) is 28.3 Å². The van der Waals surface area contributed by atoms with Gasteiger partial charge in [-0.1, -0.05) is 18.2 Å². The Labute approximate surface area is 343 Å². The Morgan fingerprint density at radius 1 is 0.902 bits per heavy atom. The van der Waals surface area contributed by atoms with Crippen LogP contribution in [0.25, 0.3) is 22.3 Å². The summed E-state index contributed by atoms with van der Waals surface area (Å²) in [5, 5.41) is 26.5. The zero-order valence-corrected chi connectivity index (χ0v) is 33.9. The molecule has 5 aromatic rings. The number of fused-ring (bicyclic) bond motifs is 2. The molecular weight excluding hydrogens is 850 g/mol. The molecule has 0 aliphatic carbocycles. The zero-order chi connectivity index (χ0) is 43.7. The van der Waals surface area contributed by atoms with Crippen molar-refractivity contribution < 1.29 is 55.8 Å². The predicted octanol–water partition coefficient (Wildman–Crippen LogP) is 3.45. The number of hydrogen-bond acceptors (Lipinski definition) is 17. The lowest BCUT2D eigenvalue weighted by molar-refractivity contribution is -0.0416. The Balaban J connectivity index is 1.24. The van der Waals surface area contributed by atoms with Crippen LogP contribution in [0.4, 0.5) is 14.6 Å². The van der Waals surface area contributed by atoms with E-state index in [1.165, 1.54) is 0 Å². The van der Waals surface area contributed by atoms with Crippen LogP contribution in [0.15, 0.2) is 60.4 Å². The lowest BCUT2D eigenvalue weighted by Gasteiger charge is -2.38. The monoisotopic (exact) mass is 887 g/mol. The maximum Gasteiger partial charge on any atom is 0.342 e. The van der Waals surface area contributed by atoms with Gasteiger partial charge in [0.15, 0.2) is 52.9 Å². The summed E-state index contributed by atoms with van der Waals surface area (Å²) < 4.78 is 94.4. The van der Waals surface area contributed by atoms with E-state index in [0.29, 0.717) is 5.56 Å². The Kier molecular flexibility index (Phi) is 12.3. The van der Waals surface area contributed by atoms with Gasteiger partial charge < -0.3 is 43.3 Å². The number of halogens is 2. The summed E-state index contributed by atoms with van der Waals surface area (Å²) in [6.07, 6.45) is -8.46. The van der Waals surface area contributed by atoms with Crippen LogP contribution in [0.5, 0.6) is 0 Å². The molecule has 10 atom stereocenters. The molecule has 0 radical (unpaired) electrons. The molecule has 2 fully saturated rings. The number of rotatable bonds is 16. The van der Waals surface area contributed by atoms with E-state index < -0.39 is 100 Å². The first-order valence-corrected chi connectivity index (χ1v) is 21.5. The summed E-state index contributed by atoms with van der Waals surface area (Å²) in [6, 6.07) is 11.7. The number of nitrogens with zero attached hydrogens (tertiary/aromatic N) is 9. The number of aromatic nitrogens is 8. The highest BCUT2D eigenvalue weighted by molar-refractivity contribution is 7.56. The lowest BCUT2D eigenvalue weighted by atomic mass is 10.0. The molecule has 4 aromatic heterocycles. The van der Waals surface area contributed by atoms with Gasteiger partial charge in [0, 0.05) is 5.56 Å². The van der Waals surface area contributed by atoms with Gasteiger partial charge in [0.05, 0.1) is 70.4 Å². The van der Waals surface area contributed by atoms with Crippen molar-refractivity contribution in [2.45, 2.75) is 74.0 Å². The van der Waals surface area contributed by atoms with Crippen LogP contribution in [0.2, 0.25) is 0 Å². The van der Waals surface area contributed by atoms with Crippen LogP contribution in [0.1, 0.15) is 49.5 Å². The van der Waals surface area contributed by atoms with E-state index in [9.17, 15) is 29.4 Å². The minimum atomic E-state index is -5.22. The van der Waals surface area contributed by atoms with Gasteiger partial charge in [0.2, 0.25) is 0 Å². The Hall–Kier alpha value is -5.39. The third-order valence-corrected chi connectivity index (χ3v) is 15.8. The van der Waals surface area contributed by atoms with Crippen LogP contribution >= 0.6 is 15.2 Å². The summed E-state index contributed by atoms with van der Waals surface area (Å²) in [7, 11) is -10.3. The SMILES string of the molecule is C[C@]1(P(=O)(O)OCCC#N)C(COP(=O)(OCCC#N)[C@@]2(C)C(CO)OC(n3cnc4c(=O)[nH]cnc43)[C@@H]2F)OC(n2cnc3c(NC(=O)c4ccccc4)ncnc32)[C@@H]1F. The number of benzene rings is 1. The largest absolute Gasteiger partial charge is 0.394 e. The lowest BCUT2D eigenvalue weighted by Crippen LogP contribution is -2.47. The average molecular weight is 888 g/mol.